The first-order chi connectivity index (χ1) is 16.2. The van der Waals surface area contributed by atoms with Crippen molar-refractivity contribution in [1.29, 1.82) is 0 Å². The van der Waals surface area contributed by atoms with Gasteiger partial charge in [0.2, 0.25) is 0 Å². The highest BCUT2D eigenvalue weighted by Gasteiger charge is 2.36. The molecule has 8 nitrogen and oxygen atoms in total. The summed E-state index contributed by atoms with van der Waals surface area (Å²) < 4.78 is 33.5. The Morgan fingerprint density at radius 1 is 1.15 bits per heavy atom. The van der Waals surface area contributed by atoms with Crippen LogP contribution in [0.3, 0.4) is 0 Å². The monoisotopic (exact) mass is 499 g/mol. The van der Waals surface area contributed by atoms with Crippen LogP contribution in [0.4, 0.5) is 11.4 Å². The fraction of sp³-hybridized carbons (Fsp3) is 0.208. The molecule has 4 rings (SSSR count). The molecule has 0 fully saturated rings. The van der Waals surface area contributed by atoms with Gasteiger partial charge < -0.3 is 10.1 Å². The summed E-state index contributed by atoms with van der Waals surface area (Å²) in [5.41, 5.74) is 1.87. The number of amides is 1. The van der Waals surface area contributed by atoms with Crippen molar-refractivity contribution in [3.8, 4) is 0 Å². The predicted molar refractivity (Wildman–Crippen MR) is 128 cm³/mol. The number of pyridine rings is 1. The van der Waals surface area contributed by atoms with E-state index in [1.54, 1.807) is 24.3 Å². The molecule has 34 heavy (non-hydrogen) atoms. The molecule has 2 atom stereocenters. The highest BCUT2D eigenvalue weighted by atomic mass is 35.5. The van der Waals surface area contributed by atoms with Crippen molar-refractivity contribution in [2.24, 2.45) is 0 Å². The van der Waals surface area contributed by atoms with Gasteiger partial charge in [-0.05, 0) is 62.2 Å². The Hall–Kier alpha value is -3.43. The van der Waals surface area contributed by atoms with Crippen LogP contribution in [-0.4, -0.2) is 37.4 Å². The number of aromatic nitrogens is 1. The van der Waals surface area contributed by atoms with E-state index in [0.717, 1.165) is 5.56 Å². The molecule has 0 saturated heterocycles. The van der Waals surface area contributed by atoms with E-state index < -0.39 is 28.0 Å². The number of rotatable bonds is 6. The summed E-state index contributed by atoms with van der Waals surface area (Å²) in [5.74, 6) is -1.43. The number of sulfonamides is 1. The molecule has 2 heterocycles. The normalized spacial score (nSPS) is 16.0. The van der Waals surface area contributed by atoms with Gasteiger partial charge in [-0.25, -0.2) is 18.2 Å². The summed E-state index contributed by atoms with van der Waals surface area (Å²) in [6, 6.07) is 15.8. The van der Waals surface area contributed by atoms with Crippen LogP contribution in [0.2, 0.25) is 5.15 Å². The van der Waals surface area contributed by atoms with Gasteiger partial charge in [-0.3, -0.25) is 9.10 Å². The molecule has 1 N–H and O–H groups in total. The number of hydrogen-bond acceptors (Lipinski definition) is 6. The number of hydrogen-bond donors (Lipinski definition) is 1. The van der Waals surface area contributed by atoms with Gasteiger partial charge in [0.1, 0.15) is 0 Å². The summed E-state index contributed by atoms with van der Waals surface area (Å²) in [6.45, 7) is 3.24. The lowest BCUT2D eigenvalue weighted by Gasteiger charge is -2.24. The number of fused-ring (bicyclic) bond motifs is 1. The second-order valence-electron chi connectivity index (χ2n) is 7.89. The summed E-state index contributed by atoms with van der Waals surface area (Å²) in [4.78, 5) is 28.9. The number of ether oxygens (including phenoxy) is 1. The van der Waals surface area contributed by atoms with E-state index in [0.29, 0.717) is 12.1 Å². The highest BCUT2D eigenvalue weighted by Crippen LogP contribution is 2.36. The molecule has 1 aliphatic rings. The Labute approximate surface area is 202 Å². The van der Waals surface area contributed by atoms with E-state index >= 15 is 0 Å². The van der Waals surface area contributed by atoms with E-state index in [1.165, 1.54) is 41.7 Å². The third-order valence-corrected chi connectivity index (χ3v) is 7.67. The zero-order chi connectivity index (χ0) is 24.5. The zero-order valence-corrected chi connectivity index (χ0v) is 20.0. The molecular formula is C24H22ClN3O5S. The Morgan fingerprint density at radius 3 is 2.68 bits per heavy atom. The van der Waals surface area contributed by atoms with Gasteiger partial charge >= 0.3 is 5.97 Å². The van der Waals surface area contributed by atoms with Gasteiger partial charge in [0.25, 0.3) is 15.9 Å². The number of halogens is 1. The molecule has 0 spiro atoms. The highest BCUT2D eigenvalue weighted by molar-refractivity contribution is 7.92. The number of carbonyl (C=O) groups is 2. The second kappa shape index (κ2) is 9.44. The zero-order valence-electron chi connectivity index (χ0n) is 18.4. The van der Waals surface area contributed by atoms with E-state index in [4.69, 9.17) is 16.3 Å². The molecule has 2 aromatic carbocycles. The minimum Gasteiger partial charge on any atom is -0.449 e. The number of nitrogens with one attached hydrogen (secondary N) is 1. The van der Waals surface area contributed by atoms with Crippen molar-refractivity contribution in [3.05, 3.63) is 83.1 Å². The van der Waals surface area contributed by atoms with Crippen LogP contribution in [-0.2, 0) is 26.0 Å². The van der Waals surface area contributed by atoms with Gasteiger partial charge in [-0.2, -0.15) is 0 Å². The summed E-state index contributed by atoms with van der Waals surface area (Å²) >= 11 is 5.94. The number of nitrogens with zero attached hydrogens (tertiary/aromatic N) is 2. The molecule has 0 aliphatic carbocycles. The Kier molecular flexibility index (Phi) is 6.58. The van der Waals surface area contributed by atoms with Crippen LogP contribution in [0.15, 0.2) is 71.8 Å². The molecule has 3 aromatic rings. The van der Waals surface area contributed by atoms with Crippen molar-refractivity contribution >= 4 is 44.9 Å². The lowest BCUT2D eigenvalue weighted by atomic mass is 10.1. The second-order valence-corrected chi connectivity index (χ2v) is 10.1. The van der Waals surface area contributed by atoms with Crippen LogP contribution in [0.25, 0.3) is 0 Å². The van der Waals surface area contributed by atoms with Gasteiger partial charge in [0.05, 0.1) is 21.8 Å². The third kappa shape index (κ3) is 4.62. The molecule has 1 amide bonds. The van der Waals surface area contributed by atoms with Crippen LogP contribution in [0.5, 0.6) is 0 Å². The topological polar surface area (TPSA) is 106 Å². The van der Waals surface area contributed by atoms with Crippen LogP contribution in [0, 0.1) is 0 Å². The molecular weight excluding hydrogens is 478 g/mol. The predicted octanol–water partition coefficient (Wildman–Crippen LogP) is 4.06. The first-order valence-electron chi connectivity index (χ1n) is 10.5. The van der Waals surface area contributed by atoms with E-state index in [2.05, 4.69) is 10.3 Å². The van der Waals surface area contributed by atoms with Gasteiger partial charge in [-0.1, -0.05) is 35.9 Å². The van der Waals surface area contributed by atoms with Gasteiger partial charge in [-0.15, -0.1) is 0 Å². The summed E-state index contributed by atoms with van der Waals surface area (Å²) in [5, 5.41) is 2.64. The van der Waals surface area contributed by atoms with Gasteiger partial charge in [0.15, 0.2) is 11.3 Å². The van der Waals surface area contributed by atoms with E-state index in [-0.39, 0.29) is 27.3 Å². The molecule has 0 saturated carbocycles. The average molecular weight is 500 g/mol. The maximum atomic E-state index is 13.4. The maximum Gasteiger partial charge on any atom is 0.338 e. The van der Waals surface area contributed by atoms with Crippen molar-refractivity contribution in [1.82, 2.24) is 4.98 Å². The Morgan fingerprint density at radius 2 is 1.91 bits per heavy atom. The molecule has 2 unspecified atom stereocenters. The molecule has 0 bridgehead atoms. The Balaban J connectivity index is 1.51. The number of esters is 1. The SMILES string of the molecule is CC(OC(=O)c1cccc(S(=O)(=O)N2c3ccccc3CC2C)c1)C(=O)Nc1cccnc1Cl. The number of benzene rings is 2. The van der Waals surface area contributed by atoms with Crippen LogP contribution < -0.4 is 9.62 Å². The van der Waals surface area contributed by atoms with Crippen LogP contribution in [0.1, 0.15) is 29.8 Å². The van der Waals surface area contributed by atoms with Crippen molar-refractivity contribution in [3.63, 3.8) is 0 Å². The van der Waals surface area contributed by atoms with E-state index in [1.807, 2.05) is 19.1 Å². The van der Waals surface area contributed by atoms with Gasteiger partial charge in [0, 0.05) is 12.2 Å². The Bertz CT molecular complexity index is 1360. The quantitative estimate of drug-likeness (QED) is 0.405. The average Bonchev–Trinajstić information content (AvgIpc) is 3.17. The minimum absolute atomic E-state index is 0.0141. The third-order valence-electron chi connectivity index (χ3n) is 5.44. The minimum atomic E-state index is -3.92. The molecule has 176 valence electrons. The largest absolute Gasteiger partial charge is 0.449 e. The summed E-state index contributed by atoms with van der Waals surface area (Å²) in [7, 11) is -3.92. The first kappa shape index (κ1) is 23.7. The van der Waals surface area contributed by atoms with Crippen LogP contribution >= 0.6 is 11.6 Å². The maximum absolute atomic E-state index is 13.4. The number of anilines is 2. The molecule has 1 aliphatic heterocycles. The number of carbonyl (C=O) groups excluding carboxylic acids is 2. The standard InChI is InChI=1S/C24H22ClN3O5S/c1-15-13-17-7-3-4-11-21(17)28(15)34(31,32)19-9-5-8-18(14-19)24(30)33-16(2)23(29)27-20-10-6-12-26-22(20)25/h3-12,14-16H,13H2,1-2H3,(H,27,29). The smallest absolute Gasteiger partial charge is 0.338 e. The summed E-state index contributed by atoms with van der Waals surface area (Å²) in [6.07, 6.45) is 0.920. The lowest BCUT2D eigenvalue weighted by molar-refractivity contribution is -0.123. The first-order valence-corrected chi connectivity index (χ1v) is 12.3. The molecule has 10 heteroatoms. The lowest BCUT2D eigenvalue weighted by Crippen LogP contribution is -2.35. The van der Waals surface area contributed by atoms with Crippen molar-refractivity contribution in [2.45, 2.75) is 37.3 Å². The molecule has 0 radical (unpaired) electrons. The molecule has 1 aromatic heterocycles. The van der Waals surface area contributed by atoms with E-state index in [9.17, 15) is 18.0 Å². The van der Waals surface area contributed by atoms with Crippen molar-refractivity contribution in [2.75, 3.05) is 9.62 Å². The number of para-hydroxylation sites is 1. The fourth-order valence-corrected chi connectivity index (χ4v) is 5.70. The van der Waals surface area contributed by atoms with Crippen molar-refractivity contribution < 1.29 is 22.7 Å². The fourth-order valence-electron chi connectivity index (χ4n) is 3.80.